The van der Waals surface area contributed by atoms with Crippen LogP contribution in [0, 0.1) is 5.92 Å². The Balaban J connectivity index is 2.61. The number of esters is 1. The number of aryl methyl sites for hydroxylation is 1. The van der Waals surface area contributed by atoms with Crippen molar-refractivity contribution in [1.29, 1.82) is 0 Å². The third kappa shape index (κ3) is 5.46. The maximum Gasteiger partial charge on any atom is 0.314 e. The molecule has 0 aromatic heterocycles. The molecule has 0 bridgehead atoms. The van der Waals surface area contributed by atoms with Crippen molar-refractivity contribution < 1.29 is 9.53 Å². The highest BCUT2D eigenvalue weighted by atomic mass is 16.5. The molecular formula is C17H26O2. The van der Waals surface area contributed by atoms with Gasteiger partial charge in [-0.15, -0.1) is 0 Å². The third-order valence-electron chi connectivity index (χ3n) is 3.39. The minimum absolute atomic E-state index is 0.0368. The van der Waals surface area contributed by atoms with Gasteiger partial charge in [0.1, 0.15) is 5.75 Å². The summed E-state index contributed by atoms with van der Waals surface area (Å²) in [4.78, 5) is 12.1. The Bertz CT molecular complexity index is 385. The van der Waals surface area contributed by atoms with Crippen LogP contribution >= 0.6 is 0 Å². The number of hydrogen-bond acceptors (Lipinski definition) is 2. The van der Waals surface area contributed by atoms with E-state index in [0.717, 1.165) is 38.5 Å². The van der Waals surface area contributed by atoms with Crippen molar-refractivity contribution in [3.8, 4) is 5.75 Å². The number of rotatable bonds is 8. The molecule has 1 aromatic rings. The molecule has 0 saturated carbocycles. The summed E-state index contributed by atoms with van der Waals surface area (Å²) in [6.45, 7) is 6.35. The van der Waals surface area contributed by atoms with E-state index in [2.05, 4.69) is 26.8 Å². The second kappa shape index (κ2) is 8.73. The van der Waals surface area contributed by atoms with Crippen molar-refractivity contribution >= 4 is 5.97 Å². The maximum absolute atomic E-state index is 12.1. The molecule has 1 unspecified atom stereocenters. The van der Waals surface area contributed by atoms with Gasteiger partial charge in [0.25, 0.3) is 0 Å². The average molecular weight is 262 g/mol. The normalized spacial score (nSPS) is 12.2. The highest BCUT2D eigenvalue weighted by molar-refractivity contribution is 5.75. The molecule has 0 heterocycles. The quantitative estimate of drug-likeness (QED) is 0.498. The van der Waals surface area contributed by atoms with E-state index in [1.54, 1.807) is 0 Å². The van der Waals surface area contributed by atoms with Crippen molar-refractivity contribution in [2.45, 2.75) is 59.3 Å². The molecule has 0 N–H and O–H groups in total. The van der Waals surface area contributed by atoms with Gasteiger partial charge in [-0.25, -0.2) is 0 Å². The van der Waals surface area contributed by atoms with Crippen LogP contribution in [0.1, 0.15) is 58.4 Å². The lowest BCUT2D eigenvalue weighted by molar-refractivity contribution is -0.139. The van der Waals surface area contributed by atoms with E-state index in [1.807, 2.05) is 18.2 Å². The van der Waals surface area contributed by atoms with Crippen molar-refractivity contribution in [3.05, 3.63) is 29.8 Å². The van der Waals surface area contributed by atoms with Gasteiger partial charge in [-0.2, -0.15) is 0 Å². The van der Waals surface area contributed by atoms with Crippen LogP contribution in [0.2, 0.25) is 0 Å². The first-order valence-corrected chi connectivity index (χ1v) is 7.51. The largest absolute Gasteiger partial charge is 0.426 e. The molecule has 0 aliphatic carbocycles. The number of carbonyl (C=O) groups is 1. The second-order valence-corrected chi connectivity index (χ2v) is 5.07. The van der Waals surface area contributed by atoms with Crippen molar-refractivity contribution in [2.24, 2.45) is 5.92 Å². The Hall–Kier alpha value is -1.31. The van der Waals surface area contributed by atoms with Crippen molar-refractivity contribution in [1.82, 2.24) is 0 Å². The van der Waals surface area contributed by atoms with E-state index in [0.29, 0.717) is 5.75 Å². The molecule has 1 atom stereocenters. The summed E-state index contributed by atoms with van der Waals surface area (Å²) in [5, 5.41) is 0. The summed E-state index contributed by atoms with van der Waals surface area (Å²) >= 11 is 0. The monoisotopic (exact) mass is 262 g/mol. The Morgan fingerprint density at radius 1 is 1.21 bits per heavy atom. The fraction of sp³-hybridized carbons (Fsp3) is 0.588. The van der Waals surface area contributed by atoms with Gasteiger partial charge in [-0.1, -0.05) is 52.2 Å². The molecule has 0 aliphatic heterocycles. The topological polar surface area (TPSA) is 26.3 Å². The zero-order valence-electron chi connectivity index (χ0n) is 12.4. The molecule has 2 nitrogen and oxygen atoms in total. The van der Waals surface area contributed by atoms with Crippen LogP contribution in [0.3, 0.4) is 0 Å². The summed E-state index contributed by atoms with van der Waals surface area (Å²) in [7, 11) is 0. The Morgan fingerprint density at radius 3 is 2.63 bits per heavy atom. The Morgan fingerprint density at radius 2 is 2.00 bits per heavy atom. The molecule has 0 aliphatic rings. The van der Waals surface area contributed by atoms with E-state index in [-0.39, 0.29) is 11.9 Å². The van der Waals surface area contributed by atoms with E-state index < -0.39 is 0 Å². The van der Waals surface area contributed by atoms with Gasteiger partial charge in [0, 0.05) is 0 Å². The number of unbranched alkanes of at least 4 members (excludes halogenated alkanes) is 1. The van der Waals surface area contributed by atoms with Crippen LogP contribution in [-0.2, 0) is 11.2 Å². The van der Waals surface area contributed by atoms with Crippen LogP contribution in [0.15, 0.2) is 24.3 Å². The minimum atomic E-state index is -0.0791. The standard InChI is InChI=1S/C17H26O2/c1-4-7-11-15(6-3)17(18)19-16-12-8-10-14(13-16)9-5-2/h8,10,12-13,15H,4-7,9,11H2,1-3H3. The van der Waals surface area contributed by atoms with Gasteiger partial charge in [0.05, 0.1) is 5.92 Å². The van der Waals surface area contributed by atoms with Gasteiger partial charge >= 0.3 is 5.97 Å². The lowest BCUT2D eigenvalue weighted by Crippen LogP contribution is -2.20. The molecule has 2 heteroatoms. The lowest BCUT2D eigenvalue weighted by Gasteiger charge is -2.13. The van der Waals surface area contributed by atoms with Crippen molar-refractivity contribution in [2.75, 3.05) is 0 Å². The van der Waals surface area contributed by atoms with Crippen LogP contribution in [0.5, 0.6) is 5.75 Å². The molecular weight excluding hydrogens is 236 g/mol. The highest BCUT2D eigenvalue weighted by Crippen LogP contribution is 2.19. The average Bonchev–Trinajstić information content (AvgIpc) is 2.40. The van der Waals surface area contributed by atoms with Crippen LogP contribution in [0.4, 0.5) is 0 Å². The summed E-state index contributed by atoms with van der Waals surface area (Å²) in [5.74, 6) is 0.644. The van der Waals surface area contributed by atoms with Gasteiger partial charge < -0.3 is 4.74 Å². The molecule has 0 amide bonds. The third-order valence-corrected chi connectivity index (χ3v) is 3.39. The van der Waals surface area contributed by atoms with Crippen molar-refractivity contribution in [3.63, 3.8) is 0 Å². The molecule has 0 radical (unpaired) electrons. The first-order chi connectivity index (χ1) is 9.21. The number of hydrogen-bond donors (Lipinski definition) is 0. The van der Waals surface area contributed by atoms with E-state index in [1.165, 1.54) is 5.56 Å². The van der Waals surface area contributed by atoms with Gasteiger partial charge in [-0.05, 0) is 37.0 Å². The predicted octanol–water partition coefficient (Wildman–Crippen LogP) is 4.76. The number of carbonyl (C=O) groups excluding carboxylic acids is 1. The lowest BCUT2D eigenvalue weighted by atomic mass is 10.00. The summed E-state index contributed by atoms with van der Waals surface area (Å²) in [6, 6.07) is 7.88. The fourth-order valence-corrected chi connectivity index (χ4v) is 2.19. The number of benzene rings is 1. The Kier molecular flexibility index (Phi) is 7.24. The Labute approximate surface area is 117 Å². The van der Waals surface area contributed by atoms with Gasteiger partial charge in [-0.3, -0.25) is 4.79 Å². The van der Waals surface area contributed by atoms with E-state index in [4.69, 9.17) is 4.74 Å². The molecule has 0 spiro atoms. The molecule has 0 fully saturated rings. The van der Waals surface area contributed by atoms with E-state index in [9.17, 15) is 4.79 Å². The highest BCUT2D eigenvalue weighted by Gasteiger charge is 2.18. The molecule has 0 saturated heterocycles. The predicted molar refractivity (Wildman–Crippen MR) is 79.4 cm³/mol. The fourth-order valence-electron chi connectivity index (χ4n) is 2.19. The smallest absolute Gasteiger partial charge is 0.314 e. The molecule has 106 valence electrons. The maximum atomic E-state index is 12.1. The number of ether oxygens (including phenoxy) is 1. The van der Waals surface area contributed by atoms with E-state index >= 15 is 0 Å². The zero-order valence-corrected chi connectivity index (χ0v) is 12.4. The SMILES string of the molecule is CCCCC(CC)C(=O)Oc1cccc(CCC)c1. The molecule has 19 heavy (non-hydrogen) atoms. The summed E-state index contributed by atoms with van der Waals surface area (Å²) < 4.78 is 5.51. The van der Waals surface area contributed by atoms with Crippen LogP contribution < -0.4 is 4.74 Å². The second-order valence-electron chi connectivity index (χ2n) is 5.07. The minimum Gasteiger partial charge on any atom is -0.426 e. The first-order valence-electron chi connectivity index (χ1n) is 7.51. The summed E-state index contributed by atoms with van der Waals surface area (Å²) in [5.41, 5.74) is 1.23. The molecule has 1 rings (SSSR count). The summed E-state index contributed by atoms with van der Waals surface area (Å²) in [6.07, 6.45) is 6.12. The van der Waals surface area contributed by atoms with Crippen LogP contribution in [0.25, 0.3) is 0 Å². The van der Waals surface area contributed by atoms with Gasteiger partial charge in [0.15, 0.2) is 0 Å². The molecule has 1 aromatic carbocycles. The first kappa shape index (κ1) is 15.7. The van der Waals surface area contributed by atoms with Gasteiger partial charge in [0.2, 0.25) is 0 Å². The zero-order chi connectivity index (χ0) is 14.1. The van der Waals surface area contributed by atoms with Crippen LogP contribution in [-0.4, -0.2) is 5.97 Å².